The first-order valence-electron chi connectivity index (χ1n) is 10.5. The second-order valence-corrected chi connectivity index (χ2v) is 8.28. The Labute approximate surface area is 190 Å². The van der Waals surface area contributed by atoms with Crippen LogP contribution in [0.3, 0.4) is 0 Å². The van der Waals surface area contributed by atoms with Crippen LogP contribution in [0.25, 0.3) is 0 Å². The molecule has 5 rings (SSSR count). The number of aromatic nitrogens is 3. The molecule has 0 unspecified atom stereocenters. The van der Waals surface area contributed by atoms with Crippen molar-refractivity contribution in [2.24, 2.45) is 0 Å². The molecule has 0 N–H and O–H groups in total. The molecule has 2 amide bonds. The number of carbonyl (C=O) groups is 2. The molecule has 3 aromatic rings. The number of methoxy groups -OCH3 is 1. The molecule has 0 saturated carbocycles. The Hall–Kier alpha value is -3.39. The zero-order valence-corrected chi connectivity index (χ0v) is 18.4. The van der Waals surface area contributed by atoms with Crippen LogP contribution in [0.2, 0.25) is 5.02 Å². The van der Waals surface area contributed by atoms with E-state index in [-0.39, 0.29) is 11.8 Å². The molecular formula is C23H22ClN5O3. The highest BCUT2D eigenvalue weighted by atomic mass is 35.5. The summed E-state index contributed by atoms with van der Waals surface area (Å²) >= 11 is 6.10. The molecule has 0 saturated heterocycles. The highest BCUT2D eigenvalue weighted by Gasteiger charge is 2.35. The number of ether oxygens (including phenoxy) is 1. The van der Waals surface area contributed by atoms with E-state index in [1.807, 2.05) is 18.2 Å². The van der Waals surface area contributed by atoms with E-state index in [1.54, 1.807) is 38.9 Å². The number of benzene rings is 1. The van der Waals surface area contributed by atoms with Gasteiger partial charge in [-0.2, -0.15) is 5.10 Å². The van der Waals surface area contributed by atoms with Gasteiger partial charge in [0, 0.05) is 36.8 Å². The molecule has 32 heavy (non-hydrogen) atoms. The summed E-state index contributed by atoms with van der Waals surface area (Å²) in [5, 5.41) is 5.12. The third kappa shape index (κ3) is 3.60. The van der Waals surface area contributed by atoms with Crippen LogP contribution in [0.4, 0.5) is 0 Å². The van der Waals surface area contributed by atoms with E-state index in [9.17, 15) is 9.59 Å². The maximum Gasteiger partial charge on any atom is 0.272 e. The minimum Gasteiger partial charge on any atom is -0.495 e. The molecule has 2 aliphatic rings. The molecule has 0 aliphatic carbocycles. The first-order valence-corrected chi connectivity index (χ1v) is 10.8. The van der Waals surface area contributed by atoms with Gasteiger partial charge in [0.05, 0.1) is 43.2 Å². The Morgan fingerprint density at radius 3 is 2.84 bits per heavy atom. The molecule has 0 spiro atoms. The molecule has 0 atom stereocenters. The summed E-state index contributed by atoms with van der Waals surface area (Å²) in [6.45, 7) is 2.54. The number of fused-ring (bicyclic) bond motifs is 3. The average molecular weight is 452 g/mol. The van der Waals surface area contributed by atoms with Gasteiger partial charge < -0.3 is 14.5 Å². The number of hydrogen-bond acceptors (Lipinski definition) is 5. The fourth-order valence-electron chi connectivity index (χ4n) is 4.28. The van der Waals surface area contributed by atoms with Crippen LogP contribution in [-0.4, -0.2) is 56.6 Å². The molecule has 8 nitrogen and oxygen atoms in total. The highest BCUT2D eigenvalue weighted by molar-refractivity contribution is 6.32. The standard InChI is InChI=1S/C23H22ClN5O3/c1-32-20-12-15(5-6-18(20)24)22(30)27-9-7-19-17(14-27)21-23(31)28(10-11-29(21)26-19)13-16-4-2-3-8-25-16/h2-6,8,12H,7,9-11,13-14H2,1H3. The number of rotatable bonds is 4. The first-order chi connectivity index (χ1) is 15.5. The summed E-state index contributed by atoms with van der Waals surface area (Å²) in [6.07, 6.45) is 2.34. The molecular weight excluding hydrogens is 430 g/mol. The molecule has 0 bridgehead atoms. The van der Waals surface area contributed by atoms with Crippen LogP contribution in [0.1, 0.15) is 37.8 Å². The van der Waals surface area contributed by atoms with Gasteiger partial charge in [-0.3, -0.25) is 19.3 Å². The Balaban J connectivity index is 1.39. The topological polar surface area (TPSA) is 80.6 Å². The summed E-state index contributed by atoms with van der Waals surface area (Å²) in [5.41, 5.74) is 3.65. The van der Waals surface area contributed by atoms with Gasteiger partial charge in [-0.05, 0) is 30.3 Å². The van der Waals surface area contributed by atoms with Crippen molar-refractivity contribution >= 4 is 23.4 Å². The number of amides is 2. The molecule has 2 aliphatic heterocycles. The largest absolute Gasteiger partial charge is 0.495 e. The normalized spacial score (nSPS) is 15.4. The maximum absolute atomic E-state index is 13.3. The Kier molecular flexibility index (Phi) is 5.30. The van der Waals surface area contributed by atoms with E-state index in [2.05, 4.69) is 10.1 Å². The lowest BCUT2D eigenvalue weighted by Gasteiger charge is -2.30. The van der Waals surface area contributed by atoms with Gasteiger partial charge >= 0.3 is 0 Å². The Morgan fingerprint density at radius 1 is 1.19 bits per heavy atom. The van der Waals surface area contributed by atoms with Crippen molar-refractivity contribution in [2.75, 3.05) is 20.2 Å². The smallest absolute Gasteiger partial charge is 0.272 e. The minimum absolute atomic E-state index is 0.0712. The van der Waals surface area contributed by atoms with Gasteiger partial charge in [-0.25, -0.2) is 0 Å². The van der Waals surface area contributed by atoms with E-state index in [0.29, 0.717) is 61.2 Å². The summed E-state index contributed by atoms with van der Waals surface area (Å²) in [6, 6.07) is 10.7. The van der Waals surface area contributed by atoms with E-state index < -0.39 is 0 Å². The zero-order valence-electron chi connectivity index (χ0n) is 17.6. The quantitative estimate of drug-likeness (QED) is 0.609. The van der Waals surface area contributed by atoms with Crippen LogP contribution >= 0.6 is 11.6 Å². The van der Waals surface area contributed by atoms with Crippen molar-refractivity contribution in [3.63, 3.8) is 0 Å². The van der Waals surface area contributed by atoms with Crippen molar-refractivity contribution in [3.05, 3.63) is 75.8 Å². The van der Waals surface area contributed by atoms with Crippen LogP contribution in [-0.2, 0) is 26.1 Å². The third-order valence-corrected chi connectivity index (χ3v) is 6.25. The van der Waals surface area contributed by atoms with E-state index in [1.165, 1.54) is 7.11 Å². The molecule has 1 aromatic carbocycles. The van der Waals surface area contributed by atoms with E-state index >= 15 is 0 Å². The van der Waals surface area contributed by atoms with Crippen LogP contribution < -0.4 is 4.74 Å². The molecule has 0 radical (unpaired) electrons. The van der Waals surface area contributed by atoms with E-state index in [0.717, 1.165) is 17.0 Å². The zero-order chi connectivity index (χ0) is 22.2. The fourth-order valence-corrected chi connectivity index (χ4v) is 4.48. The summed E-state index contributed by atoms with van der Waals surface area (Å²) in [5.74, 6) is 0.260. The second-order valence-electron chi connectivity index (χ2n) is 7.87. The van der Waals surface area contributed by atoms with Crippen LogP contribution in [0.15, 0.2) is 42.6 Å². The number of hydrogen-bond donors (Lipinski definition) is 0. The highest BCUT2D eigenvalue weighted by Crippen LogP contribution is 2.29. The van der Waals surface area contributed by atoms with Gasteiger partial charge in [0.15, 0.2) is 0 Å². The van der Waals surface area contributed by atoms with Gasteiger partial charge in [0.1, 0.15) is 11.4 Å². The third-order valence-electron chi connectivity index (χ3n) is 5.94. The van der Waals surface area contributed by atoms with Crippen molar-refractivity contribution < 1.29 is 14.3 Å². The number of carbonyl (C=O) groups excluding carboxylic acids is 2. The van der Waals surface area contributed by atoms with Crippen molar-refractivity contribution in [1.82, 2.24) is 24.6 Å². The first kappa shape index (κ1) is 20.5. The molecule has 9 heteroatoms. The number of nitrogens with zero attached hydrogens (tertiary/aromatic N) is 5. The van der Waals surface area contributed by atoms with Gasteiger partial charge in [0.2, 0.25) is 0 Å². The van der Waals surface area contributed by atoms with Gasteiger partial charge in [-0.15, -0.1) is 0 Å². The maximum atomic E-state index is 13.3. The van der Waals surface area contributed by atoms with Gasteiger partial charge in [-0.1, -0.05) is 17.7 Å². The summed E-state index contributed by atoms with van der Waals surface area (Å²) in [7, 11) is 1.52. The van der Waals surface area contributed by atoms with Crippen molar-refractivity contribution in [3.8, 4) is 5.75 Å². The molecule has 4 heterocycles. The number of halogens is 1. The number of pyridine rings is 1. The van der Waals surface area contributed by atoms with Crippen molar-refractivity contribution in [2.45, 2.75) is 26.1 Å². The predicted octanol–water partition coefficient (Wildman–Crippen LogP) is 2.79. The lowest BCUT2D eigenvalue weighted by Crippen LogP contribution is -2.41. The predicted molar refractivity (Wildman–Crippen MR) is 118 cm³/mol. The SMILES string of the molecule is COc1cc(C(=O)N2CCc3nn4c(c3C2)C(=O)N(Cc2ccccn2)CC4)ccc1Cl. The molecule has 164 valence electrons. The summed E-state index contributed by atoms with van der Waals surface area (Å²) in [4.78, 5) is 34.4. The lowest BCUT2D eigenvalue weighted by atomic mass is 10.0. The molecule has 2 aromatic heterocycles. The van der Waals surface area contributed by atoms with Crippen molar-refractivity contribution in [1.29, 1.82) is 0 Å². The molecule has 0 fully saturated rings. The van der Waals surface area contributed by atoms with Crippen LogP contribution in [0, 0.1) is 0 Å². The average Bonchev–Trinajstić information content (AvgIpc) is 3.20. The Morgan fingerprint density at radius 2 is 2.06 bits per heavy atom. The Bertz CT molecular complexity index is 1190. The second kappa shape index (κ2) is 8.27. The van der Waals surface area contributed by atoms with E-state index in [4.69, 9.17) is 16.3 Å². The monoisotopic (exact) mass is 451 g/mol. The minimum atomic E-state index is -0.126. The lowest BCUT2D eigenvalue weighted by molar-refractivity contribution is 0.0668. The van der Waals surface area contributed by atoms with Gasteiger partial charge in [0.25, 0.3) is 11.8 Å². The fraction of sp³-hybridized carbons (Fsp3) is 0.304. The van der Waals surface area contributed by atoms with Crippen LogP contribution in [0.5, 0.6) is 5.75 Å². The summed E-state index contributed by atoms with van der Waals surface area (Å²) < 4.78 is 7.04.